The molecule has 1 aromatic carbocycles. The van der Waals surface area contributed by atoms with E-state index >= 15 is 0 Å². The molecule has 5 heteroatoms. The average molecular weight is 292 g/mol. The number of anilines is 1. The Hall–Kier alpha value is -1.65. The molecule has 106 valence electrons. The van der Waals surface area contributed by atoms with Crippen molar-refractivity contribution in [2.45, 2.75) is 26.3 Å². The van der Waals surface area contributed by atoms with Crippen molar-refractivity contribution in [2.24, 2.45) is 11.7 Å². The molecule has 1 amide bonds. The van der Waals surface area contributed by atoms with Gasteiger partial charge < -0.3 is 11.1 Å². The summed E-state index contributed by atoms with van der Waals surface area (Å²) < 4.78 is 0. The molecule has 2 rings (SSSR count). The Labute approximate surface area is 123 Å². The first-order valence-electron chi connectivity index (χ1n) is 6.58. The lowest BCUT2D eigenvalue weighted by Gasteiger charge is -2.15. The first-order chi connectivity index (χ1) is 9.47. The Balaban J connectivity index is 2.27. The summed E-state index contributed by atoms with van der Waals surface area (Å²) in [6.45, 7) is 4.06. The van der Waals surface area contributed by atoms with E-state index in [0.29, 0.717) is 28.6 Å². The van der Waals surface area contributed by atoms with Gasteiger partial charge in [-0.05, 0) is 30.5 Å². The number of nitrogens with one attached hydrogen (secondary N) is 1. The van der Waals surface area contributed by atoms with Crippen LogP contribution in [0.4, 0.5) is 5.69 Å². The van der Waals surface area contributed by atoms with Crippen molar-refractivity contribution in [2.75, 3.05) is 5.32 Å². The van der Waals surface area contributed by atoms with Gasteiger partial charge in [-0.2, -0.15) is 0 Å². The number of hydrogen-bond donors (Lipinski definition) is 2. The molecule has 0 aliphatic rings. The van der Waals surface area contributed by atoms with Gasteiger partial charge in [0.2, 0.25) is 5.91 Å². The van der Waals surface area contributed by atoms with Crippen LogP contribution in [0.3, 0.4) is 0 Å². The highest BCUT2D eigenvalue weighted by molar-refractivity contribution is 6.32. The zero-order chi connectivity index (χ0) is 14.7. The zero-order valence-electron chi connectivity index (χ0n) is 11.6. The van der Waals surface area contributed by atoms with E-state index in [2.05, 4.69) is 10.3 Å². The Morgan fingerprint density at radius 2 is 2.20 bits per heavy atom. The number of pyridine rings is 1. The molecule has 0 aliphatic carbocycles. The molecule has 0 saturated heterocycles. The predicted molar refractivity (Wildman–Crippen MR) is 82.8 cm³/mol. The maximum atomic E-state index is 12.1. The van der Waals surface area contributed by atoms with Crippen LogP contribution in [0.25, 0.3) is 10.9 Å². The predicted octanol–water partition coefficient (Wildman–Crippen LogP) is 3.20. The standard InChI is InChI=1S/C15H18ClN3O/c1-9(2)6-12(17)15(20)19-13-8-11(16)7-10-4-3-5-18-14(10)13/h3-5,7-9,12H,6,17H2,1-2H3,(H,19,20). The summed E-state index contributed by atoms with van der Waals surface area (Å²) in [5.74, 6) is 0.151. The summed E-state index contributed by atoms with van der Waals surface area (Å²) >= 11 is 6.06. The summed E-state index contributed by atoms with van der Waals surface area (Å²) in [4.78, 5) is 16.4. The highest BCUT2D eigenvalue weighted by Crippen LogP contribution is 2.26. The highest BCUT2D eigenvalue weighted by atomic mass is 35.5. The van der Waals surface area contributed by atoms with Gasteiger partial charge in [0.15, 0.2) is 0 Å². The third-order valence-electron chi connectivity index (χ3n) is 2.99. The van der Waals surface area contributed by atoms with Gasteiger partial charge in [0.05, 0.1) is 17.2 Å². The van der Waals surface area contributed by atoms with Gasteiger partial charge in [0.1, 0.15) is 0 Å². The highest BCUT2D eigenvalue weighted by Gasteiger charge is 2.16. The first kappa shape index (κ1) is 14.8. The van der Waals surface area contributed by atoms with E-state index in [4.69, 9.17) is 17.3 Å². The van der Waals surface area contributed by atoms with E-state index in [9.17, 15) is 4.79 Å². The molecule has 0 aliphatic heterocycles. The van der Waals surface area contributed by atoms with E-state index in [1.165, 1.54) is 0 Å². The number of carbonyl (C=O) groups excluding carboxylic acids is 1. The molecule has 0 bridgehead atoms. The van der Waals surface area contributed by atoms with Gasteiger partial charge in [-0.15, -0.1) is 0 Å². The largest absolute Gasteiger partial charge is 0.323 e. The van der Waals surface area contributed by atoms with Crippen molar-refractivity contribution < 1.29 is 4.79 Å². The topological polar surface area (TPSA) is 68.0 Å². The number of amides is 1. The maximum Gasteiger partial charge on any atom is 0.241 e. The number of benzene rings is 1. The van der Waals surface area contributed by atoms with E-state index in [1.54, 1.807) is 12.3 Å². The van der Waals surface area contributed by atoms with Crippen LogP contribution in [0, 0.1) is 5.92 Å². The monoisotopic (exact) mass is 291 g/mol. The van der Waals surface area contributed by atoms with Gasteiger partial charge in [-0.1, -0.05) is 31.5 Å². The van der Waals surface area contributed by atoms with Crippen LogP contribution in [-0.4, -0.2) is 16.9 Å². The average Bonchev–Trinajstić information content (AvgIpc) is 2.37. The van der Waals surface area contributed by atoms with E-state index < -0.39 is 6.04 Å². The Bertz CT molecular complexity index is 628. The summed E-state index contributed by atoms with van der Waals surface area (Å²) in [5, 5.41) is 4.26. The van der Waals surface area contributed by atoms with Crippen molar-refractivity contribution in [3.8, 4) is 0 Å². The molecule has 3 N–H and O–H groups in total. The minimum absolute atomic E-state index is 0.215. The van der Waals surface area contributed by atoms with Crippen LogP contribution in [0.15, 0.2) is 30.5 Å². The second-order valence-electron chi connectivity index (χ2n) is 5.25. The van der Waals surface area contributed by atoms with Crippen LogP contribution in [0.2, 0.25) is 5.02 Å². The number of halogens is 1. The summed E-state index contributed by atoms with van der Waals surface area (Å²) in [6.07, 6.45) is 2.32. The fourth-order valence-electron chi connectivity index (χ4n) is 2.09. The van der Waals surface area contributed by atoms with Gasteiger partial charge >= 0.3 is 0 Å². The lowest BCUT2D eigenvalue weighted by molar-refractivity contribution is -0.117. The molecule has 1 unspecified atom stereocenters. The summed E-state index contributed by atoms with van der Waals surface area (Å²) in [6, 6.07) is 6.70. The fourth-order valence-corrected chi connectivity index (χ4v) is 2.32. The molecule has 0 spiro atoms. The number of nitrogens with two attached hydrogens (primary N) is 1. The fraction of sp³-hybridized carbons (Fsp3) is 0.333. The van der Waals surface area contributed by atoms with Crippen LogP contribution < -0.4 is 11.1 Å². The SMILES string of the molecule is CC(C)CC(N)C(=O)Nc1cc(Cl)cc2cccnc12. The van der Waals surface area contributed by atoms with Crippen LogP contribution in [-0.2, 0) is 4.79 Å². The molecule has 1 atom stereocenters. The second-order valence-corrected chi connectivity index (χ2v) is 5.69. The number of rotatable bonds is 4. The van der Waals surface area contributed by atoms with Crippen molar-refractivity contribution in [3.05, 3.63) is 35.5 Å². The number of nitrogens with zero attached hydrogens (tertiary/aromatic N) is 1. The Morgan fingerprint density at radius 1 is 1.45 bits per heavy atom. The van der Waals surface area contributed by atoms with Crippen LogP contribution >= 0.6 is 11.6 Å². The van der Waals surface area contributed by atoms with E-state index in [0.717, 1.165) is 5.39 Å². The minimum Gasteiger partial charge on any atom is -0.323 e. The third-order valence-corrected chi connectivity index (χ3v) is 3.21. The first-order valence-corrected chi connectivity index (χ1v) is 6.96. The lowest BCUT2D eigenvalue weighted by Crippen LogP contribution is -2.36. The maximum absolute atomic E-state index is 12.1. The van der Waals surface area contributed by atoms with E-state index in [-0.39, 0.29) is 5.91 Å². The molecular formula is C15H18ClN3O. The molecule has 20 heavy (non-hydrogen) atoms. The third kappa shape index (κ3) is 3.46. The van der Waals surface area contributed by atoms with Gasteiger partial charge in [-0.3, -0.25) is 9.78 Å². The lowest BCUT2D eigenvalue weighted by atomic mass is 10.0. The van der Waals surface area contributed by atoms with Crippen LogP contribution in [0.5, 0.6) is 0 Å². The molecule has 0 fully saturated rings. The molecular weight excluding hydrogens is 274 g/mol. The van der Waals surface area contributed by atoms with Gasteiger partial charge in [0, 0.05) is 16.6 Å². The summed E-state index contributed by atoms with van der Waals surface area (Å²) in [5.41, 5.74) is 7.19. The quantitative estimate of drug-likeness (QED) is 0.909. The van der Waals surface area contributed by atoms with Crippen molar-refractivity contribution in [1.82, 2.24) is 4.98 Å². The van der Waals surface area contributed by atoms with Gasteiger partial charge in [-0.25, -0.2) is 0 Å². The number of aromatic nitrogens is 1. The number of hydrogen-bond acceptors (Lipinski definition) is 3. The van der Waals surface area contributed by atoms with E-state index in [1.807, 2.05) is 32.0 Å². The van der Waals surface area contributed by atoms with Crippen LogP contribution in [0.1, 0.15) is 20.3 Å². The molecule has 0 saturated carbocycles. The normalized spacial score (nSPS) is 12.7. The van der Waals surface area contributed by atoms with Crippen molar-refractivity contribution >= 4 is 34.1 Å². The zero-order valence-corrected chi connectivity index (χ0v) is 12.3. The molecule has 2 aromatic rings. The molecule has 1 heterocycles. The minimum atomic E-state index is -0.534. The smallest absolute Gasteiger partial charge is 0.241 e. The second kappa shape index (κ2) is 6.20. The molecule has 4 nitrogen and oxygen atoms in total. The Morgan fingerprint density at radius 3 is 2.90 bits per heavy atom. The van der Waals surface area contributed by atoms with Gasteiger partial charge in [0.25, 0.3) is 0 Å². The Kier molecular flexibility index (Phi) is 4.57. The number of carbonyl (C=O) groups is 1. The molecule has 0 radical (unpaired) electrons. The summed E-state index contributed by atoms with van der Waals surface area (Å²) in [7, 11) is 0. The van der Waals surface area contributed by atoms with Crippen molar-refractivity contribution in [1.29, 1.82) is 0 Å². The van der Waals surface area contributed by atoms with Crippen molar-refractivity contribution in [3.63, 3.8) is 0 Å². The number of fused-ring (bicyclic) bond motifs is 1. The molecule has 1 aromatic heterocycles.